The van der Waals surface area contributed by atoms with Gasteiger partial charge in [-0.1, -0.05) is 6.92 Å². The van der Waals surface area contributed by atoms with Crippen LogP contribution in [0, 0.1) is 16.0 Å². The number of rotatable bonds is 3. The van der Waals surface area contributed by atoms with Gasteiger partial charge in [0.15, 0.2) is 0 Å². The number of nitro groups is 1. The molecule has 0 saturated carbocycles. The zero-order valence-electron chi connectivity index (χ0n) is 10.7. The standard InChI is InChI=1S/C12H14N4O3/c1-8-7-15(2)12(17)11(8)14-13-9-3-5-10(6-4-9)16(18)19/h3-6,8,13H,7H2,1-2H3/b14-11+/t8-/m0/s1. The number of amides is 1. The Bertz CT molecular complexity index is 538. The molecule has 0 aromatic heterocycles. The van der Waals surface area contributed by atoms with E-state index in [-0.39, 0.29) is 17.5 Å². The van der Waals surface area contributed by atoms with Crippen molar-refractivity contribution in [1.82, 2.24) is 4.90 Å². The summed E-state index contributed by atoms with van der Waals surface area (Å²) in [5.41, 5.74) is 3.85. The Labute approximate surface area is 110 Å². The van der Waals surface area contributed by atoms with Crippen LogP contribution in [0.3, 0.4) is 0 Å². The van der Waals surface area contributed by atoms with Crippen LogP contribution >= 0.6 is 0 Å². The summed E-state index contributed by atoms with van der Waals surface area (Å²) in [5, 5.41) is 14.6. The van der Waals surface area contributed by atoms with Crippen LogP contribution in [0.1, 0.15) is 6.92 Å². The number of nitro benzene ring substituents is 1. The summed E-state index contributed by atoms with van der Waals surface area (Å²) in [6, 6.07) is 5.87. The molecule has 1 heterocycles. The fourth-order valence-electron chi connectivity index (χ4n) is 1.93. The highest BCUT2D eigenvalue weighted by Crippen LogP contribution is 2.17. The van der Waals surface area contributed by atoms with Crippen LogP contribution in [0.4, 0.5) is 11.4 Å². The molecule has 1 saturated heterocycles. The Balaban J connectivity index is 2.10. The molecule has 1 aromatic carbocycles. The Kier molecular flexibility index (Phi) is 3.46. The molecule has 0 radical (unpaired) electrons. The molecular weight excluding hydrogens is 248 g/mol. The molecule has 0 spiro atoms. The zero-order valence-corrected chi connectivity index (χ0v) is 10.7. The van der Waals surface area contributed by atoms with E-state index in [0.717, 1.165) is 0 Å². The Morgan fingerprint density at radius 2 is 2.05 bits per heavy atom. The van der Waals surface area contributed by atoms with Gasteiger partial charge in [0.1, 0.15) is 5.71 Å². The average molecular weight is 262 g/mol. The lowest BCUT2D eigenvalue weighted by Crippen LogP contribution is -2.23. The number of carbonyl (C=O) groups is 1. The first-order valence-corrected chi connectivity index (χ1v) is 5.82. The lowest BCUT2D eigenvalue weighted by Gasteiger charge is -2.04. The minimum Gasteiger partial charge on any atom is -0.340 e. The molecule has 0 unspecified atom stereocenters. The average Bonchev–Trinajstić information content (AvgIpc) is 2.62. The van der Waals surface area contributed by atoms with E-state index in [0.29, 0.717) is 17.9 Å². The smallest absolute Gasteiger partial charge is 0.270 e. The van der Waals surface area contributed by atoms with Crippen molar-refractivity contribution >= 4 is 23.0 Å². The molecule has 1 aliphatic heterocycles. The number of likely N-dealkylation sites (tertiary alicyclic amines) is 1. The van der Waals surface area contributed by atoms with E-state index in [1.165, 1.54) is 12.1 Å². The van der Waals surface area contributed by atoms with Crippen LogP contribution in [-0.2, 0) is 4.79 Å². The topological polar surface area (TPSA) is 87.8 Å². The fourth-order valence-corrected chi connectivity index (χ4v) is 1.93. The molecule has 2 rings (SSSR count). The minimum atomic E-state index is -0.465. The number of hydrazone groups is 1. The van der Waals surface area contributed by atoms with Gasteiger partial charge < -0.3 is 4.90 Å². The van der Waals surface area contributed by atoms with Crippen molar-refractivity contribution in [3.05, 3.63) is 34.4 Å². The van der Waals surface area contributed by atoms with E-state index in [9.17, 15) is 14.9 Å². The molecule has 1 atom stereocenters. The molecule has 0 bridgehead atoms. The maximum Gasteiger partial charge on any atom is 0.270 e. The Hall–Kier alpha value is -2.44. The molecule has 7 heteroatoms. The molecular formula is C12H14N4O3. The first-order chi connectivity index (χ1) is 8.99. The van der Waals surface area contributed by atoms with Gasteiger partial charge in [0.25, 0.3) is 11.6 Å². The van der Waals surface area contributed by atoms with Crippen LogP contribution in [0.2, 0.25) is 0 Å². The molecule has 0 aliphatic carbocycles. The SMILES string of the molecule is C[C@H]1CN(C)C(=O)/C1=N/Nc1ccc([N+](=O)[O-])cc1. The van der Waals surface area contributed by atoms with Gasteiger partial charge >= 0.3 is 0 Å². The molecule has 1 aliphatic rings. The van der Waals surface area contributed by atoms with Gasteiger partial charge in [-0.2, -0.15) is 5.10 Å². The summed E-state index contributed by atoms with van der Waals surface area (Å²) in [5.74, 6) is -0.0232. The summed E-state index contributed by atoms with van der Waals surface area (Å²) >= 11 is 0. The number of benzene rings is 1. The third-order valence-electron chi connectivity index (χ3n) is 2.96. The highest BCUT2D eigenvalue weighted by atomic mass is 16.6. The summed E-state index contributed by atoms with van der Waals surface area (Å²) in [4.78, 5) is 23.4. The monoisotopic (exact) mass is 262 g/mol. The lowest BCUT2D eigenvalue weighted by atomic mass is 10.1. The number of hydrogen-bond acceptors (Lipinski definition) is 5. The van der Waals surface area contributed by atoms with Crippen LogP contribution in [0.15, 0.2) is 29.4 Å². The highest BCUT2D eigenvalue weighted by Gasteiger charge is 2.31. The van der Waals surface area contributed by atoms with E-state index in [4.69, 9.17) is 0 Å². The van der Waals surface area contributed by atoms with Crippen molar-refractivity contribution in [2.75, 3.05) is 19.0 Å². The third kappa shape index (κ3) is 2.70. The number of nitrogens with one attached hydrogen (secondary N) is 1. The Morgan fingerprint density at radius 3 is 2.53 bits per heavy atom. The molecule has 1 amide bonds. The predicted molar refractivity (Wildman–Crippen MR) is 71.0 cm³/mol. The number of non-ortho nitro benzene ring substituents is 1. The molecule has 19 heavy (non-hydrogen) atoms. The first-order valence-electron chi connectivity index (χ1n) is 5.82. The van der Waals surface area contributed by atoms with Crippen molar-refractivity contribution in [3.8, 4) is 0 Å². The number of nitrogens with zero attached hydrogens (tertiary/aromatic N) is 3. The molecule has 7 nitrogen and oxygen atoms in total. The largest absolute Gasteiger partial charge is 0.340 e. The zero-order chi connectivity index (χ0) is 14.0. The molecule has 1 N–H and O–H groups in total. The van der Waals surface area contributed by atoms with E-state index in [1.54, 1.807) is 24.1 Å². The predicted octanol–water partition coefficient (Wildman–Crippen LogP) is 1.47. The minimum absolute atomic E-state index is 0.0169. The van der Waals surface area contributed by atoms with E-state index < -0.39 is 4.92 Å². The van der Waals surface area contributed by atoms with Crippen LogP contribution in [-0.4, -0.2) is 35.0 Å². The molecule has 1 aromatic rings. The van der Waals surface area contributed by atoms with Crippen LogP contribution in [0.25, 0.3) is 0 Å². The second-order valence-electron chi connectivity index (χ2n) is 4.50. The molecule has 100 valence electrons. The Morgan fingerprint density at radius 1 is 1.42 bits per heavy atom. The van der Waals surface area contributed by atoms with Crippen LogP contribution < -0.4 is 5.43 Å². The lowest BCUT2D eigenvalue weighted by molar-refractivity contribution is -0.384. The van der Waals surface area contributed by atoms with E-state index in [1.807, 2.05) is 6.92 Å². The first kappa shape index (κ1) is 13.0. The highest BCUT2D eigenvalue weighted by molar-refractivity contribution is 6.41. The second-order valence-corrected chi connectivity index (χ2v) is 4.50. The summed E-state index contributed by atoms with van der Waals surface area (Å²) in [6.07, 6.45) is 0. The van der Waals surface area contributed by atoms with Crippen molar-refractivity contribution in [3.63, 3.8) is 0 Å². The van der Waals surface area contributed by atoms with Gasteiger partial charge in [-0.3, -0.25) is 20.3 Å². The van der Waals surface area contributed by atoms with Crippen molar-refractivity contribution < 1.29 is 9.72 Å². The van der Waals surface area contributed by atoms with Gasteiger partial charge in [0.2, 0.25) is 0 Å². The fraction of sp³-hybridized carbons (Fsp3) is 0.333. The van der Waals surface area contributed by atoms with E-state index >= 15 is 0 Å². The van der Waals surface area contributed by atoms with Crippen molar-refractivity contribution in [2.45, 2.75) is 6.92 Å². The maximum atomic E-state index is 11.7. The maximum absolute atomic E-state index is 11.7. The second kappa shape index (κ2) is 5.05. The summed E-state index contributed by atoms with van der Waals surface area (Å²) in [6.45, 7) is 2.58. The van der Waals surface area contributed by atoms with Gasteiger partial charge in [0, 0.05) is 31.6 Å². The van der Waals surface area contributed by atoms with Gasteiger partial charge in [-0.05, 0) is 12.1 Å². The van der Waals surface area contributed by atoms with Crippen molar-refractivity contribution in [2.24, 2.45) is 11.0 Å². The van der Waals surface area contributed by atoms with Gasteiger partial charge in [0.05, 0.1) is 10.6 Å². The number of anilines is 1. The van der Waals surface area contributed by atoms with Gasteiger partial charge in [-0.15, -0.1) is 0 Å². The normalized spacial score (nSPS) is 20.9. The molecule has 1 fully saturated rings. The summed E-state index contributed by atoms with van der Waals surface area (Å²) < 4.78 is 0. The summed E-state index contributed by atoms with van der Waals surface area (Å²) in [7, 11) is 1.73. The third-order valence-corrected chi connectivity index (χ3v) is 2.96. The van der Waals surface area contributed by atoms with E-state index in [2.05, 4.69) is 10.5 Å². The quantitative estimate of drug-likeness (QED) is 0.660. The number of hydrogen-bond donors (Lipinski definition) is 1. The number of carbonyl (C=O) groups excluding carboxylic acids is 1. The van der Waals surface area contributed by atoms with Crippen molar-refractivity contribution in [1.29, 1.82) is 0 Å². The van der Waals surface area contributed by atoms with Crippen LogP contribution in [0.5, 0.6) is 0 Å². The van der Waals surface area contributed by atoms with Gasteiger partial charge in [-0.25, -0.2) is 0 Å².